The van der Waals surface area contributed by atoms with Gasteiger partial charge in [-0.05, 0) is 18.2 Å². The number of methoxy groups -OCH3 is 1. The van der Waals surface area contributed by atoms with E-state index in [4.69, 9.17) is 9.73 Å². The van der Waals surface area contributed by atoms with Gasteiger partial charge in [-0.1, -0.05) is 30.3 Å². The molecule has 0 amide bonds. The first-order chi connectivity index (χ1) is 10.9. The summed E-state index contributed by atoms with van der Waals surface area (Å²) >= 11 is 0. The van der Waals surface area contributed by atoms with Crippen LogP contribution in [0, 0.1) is 0 Å². The summed E-state index contributed by atoms with van der Waals surface area (Å²) in [6.45, 7) is 0.501. The first kappa shape index (κ1) is 12.8. The van der Waals surface area contributed by atoms with Gasteiger partial charge in [0.05, 0.1) is 18.5 Å². The number of hydrogen-bond donors (Lipinski definition) is 0. The average Bonchev–Trinajstić information content (AvgIpc) is 2.98. The second-order valence-corrected chi connectivity index (χ2v) is 5.03. The minimum Gasteiger partial charge on any atom is -0.497 e. The smallest absolute Gasteiger partial charge is 0.159 e. The Balaban J connectivity index is 1.98. The molecule has 5 nitrogen and oxygen atoms in total. The lowest BCUT2D eigenvalue weighted by Gasteiger charge is -2.12. The highest BCUT2D eigenvalue weighted by Gasteiger charge is 2.20. The van der Waals surface area contributed by atoms with Crippen molar-refractivity contribution in [3.8, 4) is 11.4 Å². The minimum atomic E-state index is 0.501. The van der Waals surface area contributed by atoms with Crippen molar-refractivity contribution in [2.24, 2.45) is 4.99 Å². The van der Waals surface area contributed by atoms with Crippen LogP contribution in [0.4, 0.5) is 0 Å². The molecule has 0 fully saturated rings. The van der Waals surface area contributed by atoms with Crippen molar-refractivity contribution in [1.29, 1.82) is 0 Å². The van der Waals surface area contributed by atoms with Crippen LogP contribution in [0.1, 0.15) is 17.0 Å². The molecule has 22 heavy (non-hydrogen) atoms. The van der Waals surface area contributed by atoms with Crippen molar-refractivity contribution in [1.82, 2.24) is 14.8 Å². The van der Waals surface area contributed by atoms with Crippen LogP contribution in [-0.4, -0.2) is 27.6 Å². The Kier molecular flexibility index (Phi) is 2.96. The number of rotatable bonds is 2. The van der Waals surface area contributed by atoms with Crippen LogP contribution >= 0.6 is 0 Å². The van der Waals surface area contributed by atoms with Crippen LogP contribution in [0.25, 0.3) is 5.69 Å². The second-order valence-electron chi connectivity index (χ2n) is 5.03. The van der Waals surface area contributed by atoms with Gasteiger partial charge < -0.3 is 4.74 Å². The fraction of sp³-hybridized carbons (Fsp3) is 0.118. The lowest BCUT2D eigenvalue weighted by atomic mass is 10.0. The zero-order chi connectivity index (χ0) is 14.9. The maximum Gasteiger partial charge on any atom is 0.159 e. The Morgan fingerprint density at radius 2 is 1.95 bits per heavy atom. The first-order valence-corrected chi connectivity index (χ1v) is 7.04. The van der Waals surface area contributed by atoms with Crippen LogP contribution in [0.3, 0.4) is 0 Å². The van der Waals surface area contributed by atoms with Crippen molar-refractivity contribution in [2.75, 3.05) is 7.11 Å². The van der Waals surface area contributed by atoms with Crippen molar-refractivity contribution in [2.45, 2.75) is 6.54 Å². The summed E-state index contributed by atoms with van der Waals surface area (Å²) in [5.74, 6) is 1.64. The molecule has 0 spiro atoms. The zero-order valence-corrected chi connectivity index (χ0v) is 12.1. The molecule has 1 aliphatic heterocycles. The molecule has 0 N–H and O–H groups in total. The van der Waals surface area contributed by atoms with Gasteiger partial charge in [-0.3, -0.25) is 9.56 Å². The fourth-order valence-corrected chi connectivity index (χ4v) is 2.69. The van der Waals surface area contributed by atoms with E-state index in [0.29, 0.717) is 6.54 Å². The van der Waals surface area contributed by atoms with Gasteiger partial charge in [-0.15, -0.1) is 10.2 Å². The summed E-state index contributed by atoms with van der Waals surface area (Å²) in [6.07, 6.45) is 1.73. The van der Waals surface area contributed by atoms with Gasteiger partial charge in [0.25, 0.3) is 0 Å². The number of aliphatic imine (C=N–C) groups is 1. The third-order valence-corrected chi connectivity index (χ3v) is 3.76. The van der Waals surface area contributed by atoms with E-state index in [1.807, 2.05) is 41.0 Å². The summed E-state index contributed by atoms with van der Waals surface area (Å²) in [7, 11) is 1.67. The predicted octanol–water partition coefficient (Wildman–Crippen LogP) is 2.63. The number of hydrogen-bond acceptors (Lipinski definition) is 4. The molecule has 2 aromatic carbocycles. The summed E-state index contributed by atoms with van der Waals surface area (Å²) in [4.78, 5) is 4.76. The fourth-order valence-electron chi connectivity index (χ4n) is 2.69. The van der Waals surface area contributed by atoms with E-state index in [1.165, 1.54) is 0 Å². The van der Waals surface area contributed by atoms with Crippen molar-refractivity contribution >= 4 is 5.71 Å². The second kappa shape index (κ2) is 5.11. The van der Waals surface area contributed by atoms with Gasteiger partial charge in [0.2, 0.25) is 0 Å². The standard InChI is InChI=1S/C17H14N4O/c1-22-13-7-8-15-14(9-13)17(12-5-3-2-4-6-12)18-10-16-20-19-11-21(15)16/h2-9,11H,10H2,1H3. The Bertz CT molecular complexity index is 852. The monoisotopic (exact) mass is 290 g/mol. The summed E-state index contributed by atoms with van der Waals surface area (Å²) in [6, 6.07) is 16.1. The van der Waals surface area contributed by atoms with Crippen LogP contribution < -0.4 is 4.74 Å². The lowest BCUT2D eigenvalue weighted by Crippen LogP contribution is -2.07. The van der Waals surface area contributed by atoms with Crippen molar-refractivity contribution in [3.63, 3.8) is 0 Å². The summed E-state index contributed by atoms with van der Waals surface area (Å²) in [5, 5.41) is 8.16. The first-order valence-electron chi connectivity index (χ1n) is 7.04. The molecule has 0 saturated heterocycles. The number of ether oxygens (including phenoxy) is 1. The number of nitrogens with zero attached hydrogens (tertiary/aromatic N) is 4. The van der Waals surface area contributed by atoms with Gasteiger partial charge in [0.15, 0.2) is 5.82 Å². The molecule has 3 aromatic rings. The van der Waals surface area contributed by atoms with Crippen LogP contribution in [0.5, 0.6) is 5.75 Å². The van der Waals surface area contributed by atoms with E-state index in [0.717, 1.165) is 34.1 Å². The van der Waals surface area contributed by atoms with Crippen molar-refractivity contribution in [3.05, 3.63) is 71.8 Å². The molecule has 0 saturated carbocycles. The summed E-state index contributed by atoms with van der Waals surface area (Å²) in [5.41, 5.74) is 4.06. The van der Waals surface area contributed by atoms with E-state index in [-0.39, 0.29) is 0 Å². The quantitative estimate of drug-likeness (QED) is 0.729. The van der Waals surface area contributed by atoms with Gasteiger partial charge in [-0.2, -0.15) is 0 Å². The van der Waals surface area contributed by atoms with Gasteiger partial charge >= 0.3 is 0 Å². The predicted molar refractivity (Wildman–Crippen MR) is 83.7 cm³/mol. The maximum absolute atomic E-state index is 5.38. The van der Waals surface area contributed by atoms with Gasteiger partial charge in [-0.25, -0.2) is 0 Å². The molecule has 1 aromatic heterocycles. The maximum atomic E-state index is 5.38. The SMILES string of the molecule is COc1ccc2c(c1)C(c1ccccc1)=NCc1nncn1-2. The van der Waals surface area contributed by atoms with Crippen LogP contribution in [0.2, 0.25) is 0 Å². The Morgan fingerprint density at radius 1 is 1.09 bits per heavy atom. The number of benzene rings is 2. The lowest BCUT2D eigenvalue weighted by molar-refractivity contribution is 0.414. The molecule has 0 radical (unpaired) electrons. The minimum absolute atomic E-state index is 0.501. The van der Waals surface area contributed by atoms with E-state index in [1.54, 1.807) is 13.4 Å². The Labute approximate surface area is 127 Å². The molecule has 0 bridgehead atoms. The molecule has 0 atom stereocenters. The number of fused-ring (bicyclic) bond motifs is 3. The van der Waals surface area contributed by atoms with Crippen LogP contribution in [0.15, 0.2) is 59.9 Å². The van der Waals surface area contributed by atoms with E-state index in [9.17, 15) is 0 Å². The molecule has 5 heteroatoms. The molecular weight excluding hydrogens is 276 g/mol. The molecule has 2 heterocycles. The third kappa shape index (κ3) is 1.98. The normalized spacial score (nSPS) is 12.9. The molecule has 108 valence electrons. The molecule has 1 aliphatic rings. The van der Waals surface area contributed by atoms with Crippen LogP contribution in [-0.2, 0) is 6.54 Å². The van der Waals surface area contributed by atoms with Gasteiger partial charge in [0, 0.05) is 11.1 Å². The number of aromatic nitrogens is 3. The zero-order valence-electron chi connectivity index (χ0n) is 12.1. The van der Waals surface area contributed by atoms with Gasteiger partial charge in [0.1, 0.15) is 18.6 Å². The van der Waals surface area contributed by atoms with E-state index >= 15 is 0 Å². The molecular formula is C17H14N4O. The summed E-state index contributed by atoms with van der Waals surface area (Å²) < 4.78 is 7.36. The van der Waals surface area contributed by atoms with Crippen molar-refractivity contribution < 1.29 is 4.74 Å². The third-order valence-electron chi connectivity index (χ3n) is 3.76. The topological polar surface area (TPSA) is 52.3 Å². The highest BCUT2D eigenvalue weighted by atomic mass is 16.5. The molecule has 0 unspecified atom stereocenters. The molecule has 4 rings (SSSR count). The molecule has 0 aliphatic carbocycles. The highest BCUT2D eigenvalue weighted by molar-refractivity contribution is 6.15. The largest absolute Gasteiger partial charge is 0.497 e. The van der Waals surface area contributed by atoms with E-state index < -0.39 is 0 Å². The van der Waals surface area contributed by atoms with E-state index in [2.05, 4.69) is 22.3 Å². The highest BCUT2D eigenvalue weighted by Crippen LogP contribution is 2.27. The average molecular weight is 290 g/mol. The Morgan fingerprint density at radius 3 is 2.77 bits per heavy atom. The Hall–Kier alpha value is -2.95.